The summed E-state index contributed by atoms with van der Waals surface area (Å²) in [5, 5.41) is 2.53. The van der Waals surface area contributed by atoms with Gasteiger partial charge in [0.2, 0.25) is 0 Å². The van der Waals surface area contributed by atoms with Gasteiger partial charge in [-0.05, 0) is 65.6 Å². The van der Waals surface area contributed by atoms with Crippen molar-refractivity contribution in [2.75, 3.05) is 0 Å². The average molecular weight is 564 g/mol. The van der Waals surface area contributed by atoms with Gasteiger partial charge in [-0.25, -0.2) is 9.97 Å². The Bertz CT molecular complexity index is 2230. The molecular weight excluding hydrogens is 534 g/mol. The molecule has 0 atom stereocenters. The summed E-state index contributed by atoms with van der Waals surface area (Å²) in [7, 11) is 0. The first-order valence-corrected chi connectivity index (χ1v) is 14.9. The second-order valence-electron chi connectivity index (χ2n) is 11.1. The van der Waals surface area contributed by atoms with Crippen LogP contribution >= 0.6 is 0 Å². The van der Waals surface area contributed by atoms with Crippen molar-refractivity contribution in [3.05, 3.63) is 164 Å². The van der Waals surface area contributed by atoms with Gasteiger partial charge in [-0.15, -0.1) is 0 Å². The molecule has 6 aromatic carbocycles. The van der Waals surface area contributed by atoms with Crippen molar-refractivity contribution >= 4 is 21.8 Å². The van der Waals surface area contributed by atoms with E-state index in [0.29, 0.717) is 0 Å². The standard InChI is InChI=1S/C41H29N3/c1-28-42-38(31-23-21-30(22-24-31)29-11-3-2-4-12-29)27-39(43-28)34-15-9-13-32(25-34)33-14-10-16-35(26-33)44-40-19-7-5-17-36(40)37-18-6-8-20-41(37)44/h2-27H,1H3. The van der Waals surface area contributed by atoms with Gasteiger partial charge in [0.1, 0.15) is 5.82 Å². The van der Waals surface area contributed by atoms with Crippen LogP contribution in [0.2, 0.25) is 0 Å². The van der Waals surface area contributed by atoms with Crippen molar-refractivity contribution in [1.29, 1.82) is 0 Å². The largest absolute Gasteiger partial charge is 0.309 e. The lowest BCUT2D eigenvalue weighted by Crippen LogP contribution is -1.95. The molecular formula is C41H29N3. The zero-order valence-electron chi connectivity index (χ0n) is 24.4. The van der Waals surface area contributed by atoms with Gasteiger partial charge >= 0.3 is 0 Å². The molecule has 3 heteroatoms. The molecule has 0 radical (unpaired) electrons. The van der Waals surface area contributed by atoms with Gasteiger partial charge in [0.15, 0.2) is 0 Å². The predicted molar refractivity (Wildman–Crippen MR) is 183 cm³/mol. The van der Waals surface area contributed by atoms with Crippen LogP contribution < -0.4 is 0 Å². The normalized spacial score (nSPS) is 11.3. The molecule has 0 fully saturated rings. The van der Waals surface area contributed by atoms with Crippen molar-refractivity contribution in [2.24, 2.45) is 0 Å². The molecule has 3 nitrogen and oxygen atoms in total. The molecule has 0 saturated heterocycles. The fraction of sp³-hybridized carbons (Fsp3) is 0.0244. The van der Waals surface area contributed by atoms with Crippen molar-refractivity contribution < 1.29 is 0 Å². The van der Waals surface area contributed by atoms with Crippen molar-refractivity contribution in [3.8, 4) is 50.5 Å². The van der Waals surface area contributed by atoms with Gasteiger partial charge in [0.25, 0.3) is 0 Å². The van der Waals surface area contributed by atoms with E-state index in [4.69, 9.17) is 9.97 Å². The summed E-state index contributed by atoms with van der Waals surface area (Å²) < 4.78 is 2.36. The third kappa shape index (κ3) is 4.65. The second-order valence-corrected chi connectivity index (χ2v) is 11.1. The van der Waals surface area contributed by atoms with E-state index in [1.54, 1.807) is 0 Å². The number of aromatic nitrogens is 3. The third-order valence-corrected chi connectivity index (χ3v) is 8.30. The Labute approximate surface area is 256 Å². The van der Waals surface area contributed by atoms with Crippen molar-refractivity contribution in [2.45, 2.75) is 6.92 Å². The number of para-hydroxylation sites is 2. The minimum atomic E-state index is 0.753. The first-order chi connectivity index (χ1) is 21.7. The van der Waals surface area contributed by atoms with Crippen LogP contribution in [0, 0.1) is 6.92 Å². The maximum Gasteiger partial charge on any atom is 0.126 e. The SMILES string of the molecule is Cc1nc(-c2ccc(-c3ccccc3)cc2)cc(-c2cccc(-c3cccc(-n4c5ccccc5c5ccccc54)c3)c2)n1. The van der Waals surface area contributed by atoms with Gasteiger partial charge in [0.05, 0.1) is 22.4 Å². The van der Waals surface area contributed by atoms with Gasteiger partial charge in [-0.3, -0.25) is 0 Å². The summed E-state index contributed by atoms with van der Waals surface area (Å²) in [5.41, 5.74) is 12.2. The molecule has 44 heavy (non-hydrogen) atoms. The highest BCUT2D eigenvalue weighted by atomic mass is 15.0. The van der Waals surface area contributed by atoms with Crippen LogP contribution in [0.25, 0.3) is 72.3 Å². The molecule has 8 rings (SSSR count). The molecule has 0 amide bonds. The number of aryl methyl sites for hydroxylation is 1. The number of fused-ring (bicyclic) bond motifs is 3. The van der Waals surface area contributed by atoms with Crippen LogP contribution in [0.15, 0.2) is 158 Å². The molecule has 2 heterocycles. The zero-order chi connectivity index (χ0) is 29.5. The Hall–Kier alpha value is -5.80. The fourth-order valence-corrected chi connectivity index (χ4v) is 6.21. The van der Waals surface area contributed by atoms with Gasteiger partial charge < -0.3 is 4.57 Å². The summed E-state index contributed by atoms with van der Waals surface area (Å²) in [5.74, 6) is 0.753. The highest BCUT2D eigenvalue weighted by Gasteiger charge is 2.13. The molecule has 0 saturated carbocycles. The van der Waals surface area contributed by atoms with E-state index in [9.17, 15) is 0 Å². The lowest BCUT2D eigenvalue weighted by molar-refractivity contribution is 1.06. The molecule has 0 N–H and O–H groups in total. The predicted octanol–water partition coefficient (Wildman–Crippen LogP) is 10.6. The van der Waals surface area contributed by atoms with E-state index in [1.807, 2.05) is 13.0 Å². The van der Waals surface area contributed by atoms with Crippen LogP contribution in [-0.2, 0) is 0 Å². The number of hydrogen-bond acceptors (Lipinski definition) is 2. The Morgan fingerprint density at radius 3 is 1.59 bits per heavy atom. The monoisotopic (exact) mass is 563 g/mol. The number of rotatable bonds is 5. The van der Waals surface area contributed by atoms with Crippen LogP contribution in [0.4, 0.5) is 0 Å². The minimum absolute atomic E-state index is 0.753. The second kappa shape index (κ2) is 10.8. The Morgan fingerprint density at radius 1 is 0.386 bits per heavy atom. The summed E-state index contributed by atoms with van der Waals surface area (Å²) >= 11 is 0. The van der Waals surface area contributed by atoms with Gasteiger partial charge in [0, 0.05) is 27.6 Å². The molecule has 0 aliphatic heterocycles. The van der Waals surface area contributed by atoms with E-state index in [2.05, 4.69) is 156 Å². The Balaban J connectivity index is 1.16. The molecule has 0 bridgehead atoms. The lowest BCUT2D eigenvalue weighted by Gasteiger charge is -2.12. The van der Waals surface area contributed by atoms with Crippen LogP contribution in [0.5, 0.6) is 0 Å². The highest BCUT2D eigenvalue weighted by molar-refractivity contribution is 6.09. The summed E-state index contributed by atoms with van der Waals surface area (Å²) in [6.45, 7) is 1.96. The molecule has 0 spiro atoms. The highest BCUT2D eigenvalue weighted by Crippen LogP contribution is 2.34. The summed E-state index contributed by atoms with van der Waals surface area (Å²) in [6.07, 6.45) is 0. The topological polar surface area (TPSA) is 30.7 Å². The first-order valence-electron chi connectivity index (χ1n) is 14.9. The van der Waals surface area contributed by atoms with E-state index in [1.165, 1.54) is 32.9 Å². The van der Waals surface area contributed by atoms with E-state index in [0.717, 1.165) is 45.2 Å². The molecule has 208 valence electrons. The van der Waals surface area contributed by atoms with Crippen molar-refractivity contribution in [1.82, 2.24) is 14.5 Å². The smallest absolute Gasteiger partial charge is 0.126 e. The number of benzene rings is 6. The summed E-state index contributed by atoms with van der Waals surface area (Å²) in [6, 6.07) is 55.9. The van der Waals surface area contributed by atoms with E-state index < -0.39 is 0 Å². The van der Waals surface area contributed by atoms with Crippen LogP contribution in [-0.4, -0.2) is 14.5 Å². The first kappa shape index (κ1) is 25.9. The lowest BCUT2D eigenvalue weighted by atomic mass is 9.99. The maximum absolute atomic E-state index is 4.84. The number of hydrogen-bond donors (Lipinski definition) is 0. The summed E-state index contributed by atoms with van der Waals surface area (Å²) in [4.78, 5) is 9.63. The zero-order valence-corrected chi connectivity index (χ0v) is 24.4. The van der Waals surface area contributed by atoms with Gasteiger partial charge in [-0.2, -0.15) is 0 Å². The minimum Gasteiger partial charge on any atom is -0.309 e. The maximum atomic E-state index is 4.84. The quantitative estimate of drug-likeness (QED) is 0.209. The Morgan fingerprint density at radius 2 is 0.886 bits per heavy atom. The molecule has 8 aromatic rings. The molecule has 0 aliphatic rings. The third-order valence-electron chi connectivity index (χ3n) is 8.30. The Kier molecular flexibility index (Phi) is 6.35. The molecule has 2 aromatic heterocycles. The van der Waals surface area contributed by atoms with Gasteiger partial charge in [-0.1, -0.05) is 121 Å². The number of nitrogens with zero attached hydrogens (tertiary/aromatic N) is 3. The fourth-order valence-electron chi connectivity index (χ4n) is 6.21. The molecule has 0 unspecified atom stereocenters. The van der Waals surface area contributed by atoms with Crippen LogP contribution in [0.3, 0.4) is 0 Å². The average Bonchev–Trinajstić information content (AvgIpc) is 3.43. The van der Waals surface area contributed by atoms with Crippen LogP contribution in [0.1, 0.15) is 5.82 Å². The molecule has 0 aliphatic carbocycles. The van der Waals surface area contributed by atoms with E-state index >= 15 is 0 Å². The van der Waals surface area contributed by atoms with E-state index in [-0.39, 0.29) is 0 Å². The van der Waals surface area contributed by atoms with Crippen molar-refractivity contribution in [3.63, 3.8) is 0 Å².